The SMILES string of the molecule is CNC1CCCc2c1ccc(=O)n2CC(=O)N(C)C(C)C. The van der Waals surface area contributed by atoms with Crippen molar-refractivity contribution in [3.05, 3.63) is 33.7 Å². The van der Waals surface area contributed by atoms with Gasteiger partial charge in [0.15, 0.2) is 0 Å². The predicted octanol–water partition coefficient (Wildman–Crippen LogP) is 1.31. The van der Waals surface area contributed by atoms with Crippen molar-refractivity contribution < 1.29 is 4.79 Å². The maximum Gasteiger partial charge on any atom is 0.251 e. The fourth-order valence-electron chi connectivity index (χ4n) is 2.87. The molecular formula is C16H25N3O2. The highest BCUT2D eigenvalue weighted by atomic mass is 16.2. The Labute approximate surface area is 126 Å². The van der Waals surface area contributed by atoms with Gasteiger partial charge < -0.3 is 14.8 Å². The van der Waals surface area contributed by atoms with Crippen LogP contribution in [0.4, 0.5) is 0 Å². The molecule has 0 aromatic carbocycles. The van der Waals surface area contributed by atoms with Crippen LogP contribution >= 0.6 is 0 Å². The van der Waals surface area contributed by atoms with Crippen LogP contribution in [0.2, 0.25) is 0 Å². The second kappa shape index (κ2) is 6.43. The lowest BCUT2D eigenvalue weighted by molar-refractivity contribution is -0.132. The topological polar surface area (TPSA) is 54.3 Å². The summed E-state index contributed by atoms with van der Waals surface area (Å²) in [5.74, 6) is -0.0212. The molecule has 1 aliphatic carbocycles. The largest absolute Gasteiger partial charge is 0.342 e. The molecule has 1 unspecified atom stereocenters. The van der Waals surface area contributed by atoms with Gasteiger partial charge in [-0.1, -0.05) is 6.07 Å². The molecule has 0 radical (unpaired) electrons. The highest BCUT2D eigenvalue weighted by Gasteiger charge is 2.23. The van der Waals surface area contributed by atoms with Crippen molar-refractivity contribution >= 4 is 5.91 Å². The van der Waals surface area contributed by atoms with Crippen LogP contribution in [0.25, 0.3) is 0 Å². The molecule has 0 aliphatic heterocycles. The smallest absolute Gasteiger partial charge is 0.251 e. The zero-order valence-corrected chi connectivity index (χ0v) is 13.3. The maximum absolute atomic E-state index is 12.3. The summed E-state index contributed by atoms with van der Waals surface area (Å²) in [6.45, 7) is 4.07. The monoisotopic (exact) mass is 291 g/mol. The number of hydrogen-bond acceptors (Lipinski definition) is 3. The molecule has 1 aliphatic rings. The van der Waals surface area contributed by atoms with E-state index in [0.29, 0.717) is 0 Å². The molecule has 0 fully saturated rings. The summed E-state index contributed by atoms with van der Waals surface area (Å²) in [7, 11) is 3.72. The first kappa shape index (κ1) is 15.8. The molecule has 1 amide bonds. The fraction of sp³-hybridized carbons (Fsp3) is 0.625. The number of likely N-dealkylation sites (N-methyl/N-ethyl adjacent to an activating group) is 1. The molecule has 5 heteroatoms. The lowest BCUT2D eigenvalue weighted by Crippen LogP contribution is -2.39. The standard InChI is InChI=1S/C16H25N3O2/c1-11(2)18(4)16(21)10-19-14-7-5-6-13(17-3)12(14)8-9-15(19)20/h8-9,11,13,17H,5-7,10H2,1-4H3. The van der Waals surface area contributed by atoms with Crippen LogP contribution in [-0.4, -0.2) is 35.5 Å². The van der Waals surface area contributed by atoms with Gasteiger partial charge in [0.1, 0.15) is 6.54 Å². The Kier molecular flexibility index (Phi) is 4.83. The maximum atomic E-state index is 12.3. The third-order valence-corrected chi connectivity index (χ3v) is 4.42. The van der Waals surface area contributed by atoms with E-state index in [1.807, 2.05) is 27.0 Å². The Balaban J connectivity index is 2.36. The Morgan fingerprint density at radius 2 is 2.19 bits per heavy atom. The van der Waals surface area contributed by atoms with Crippen molar-refractivity contribution in [2.75, 3.05) is 14.1 Å². The van der Waals surface area contributed by atoms with E-state index in [-0.39, 0.29) is 30.1 Å². The van der Waals surface area contributed by atoms with Gasteiger partial charge >= 0.3 is 0 Å². The van der Waals surface area contributed by atoms with E-state index in [1.165, 1.54) is 0 Å². The molecule has 0 saturated heterocycles. The first-order chi connectivity index (χ1) is 9.95. The second-order valence-corrected chi connectivity index (χ2v) is 5.99. The van der Waals surface area contributed by atoms with Crippen LogP contribution in [0, 0.1) is 0 Å². The lowest BCUT2D eigenvalue weighted by Gasteiger charge is -2.28. The van der Waals surface area contributed by atoms with E-state index in [0.717, 1.165) is 30.5 Å². The van der Waals surface area contributed by atoms with Gasteiger partial charge in [0.05, 0.1) is 0 Å². The van der Waals surface area contributed by atoms with Crippen molar-refractivity contribution in [1.29, 1.82) is 0 Å². The molecule has 21 heavy (non-hydrogen) atoms. The minimum absolute atomic E-state index is 0.0212. The summed E-state index contributed by atoms with van der Waals surface area (Å²) < 4.78 is 1.65. The van der Waals surface area contributed by atoms with Gasteiger partial charge in [0.25, 0.3) is 5.56 Å². The average Bonchev–Trinajstić information content (AvgIpc) is 2.48. The Bertz CT molecular complexity index is 577. The molecule has 1 aromatic rings. The first-order valence-corrected chi connectivity index (χ1v) is 7.61. The number of fused-ring (bicyclic) bond motifs is 1. The van der Waals surface area contributed by atoms with Crippen LogP contribution in [0.15, 0.2) is 16.9 Å². The summed E-state index contributed by atoms with van der Waals surface area (Å²) >= 11 is 0. The number of rotatable bonds is 4. The zero-order chi connectivity index (χ0) is 15.6. The minimum Gasteiger partial charge on any atom is -0.342 e. The van der Waals surface area contributed by atoms with Crippen molar-refractivity contribution in [3.63, 3.8) is 0 Å². The first-order valence-electron chi connectivity index (χ1n) is 7.61. The summed E-state index contributed by atoms with van der Waals surface area (Å²) in [4.78, 5) is 26.2. The van der Waals surface area contributed by atoms with Crippen LogP contribution in [0.3, 0.4) is 0 Å². The van der Waals surface area contributed by atoms with Gasteiger partial charge in [-0.05, 0) is 45.7 Å². The number of amides is 1. The molecule has 2 rings (SSSR count). The Hall–Kier alpha value is -1.62. The van der Waals surface area contributed by atoms with Gasteiger partial charge in [0, 0.05) is 30.9 Å². The summed E-state index contributed by atoms with van der Waals surface area (Å²) in [6.07, 6.45) is 2.97. The van der Waals surface area contributed by atoms with Gasteiger partial charge in [-0.25, -0.2) is 0 Å². The molecule has 1 N–H and O–H groups in total. The van der Waals surface area contributed by atoms with Gasteiger partial charge in [-0.15, -0.1) is 0 Å². The quantitative estimate of drug-likeness (QED) is 0.910. The number of nitrogens with zero attached hydrogens (tertiary/aromatic N) is 2. The van der Waals surface area contributed by atoms with Crippen LogP contribution < -0.4 is 10.9 Å². The molecule has 0 saturated carbocycles. The van der Waals surface area contributed by atoms with Crippen LogP contribution in [-0.2, 0) is 17.8 Å². The minimum atomic E-state index is -0.0870. The number of carbonyl (C=O) groups is 1. The predicted molar refractivity (Wildman–Crippen MR) is 83.3 cm³/mol. The van der Waals surface area contributed by atoms with E-state index < -0.39 is 0 Å². The van der Waals surface area contributed by atoms with Crippen molar-refractivity contribution in [3.8, 4) is 0 Å². The zero-order valence-electron chi connectivity index (χ0n) is 13.3. The van der Waals surface area contributed by atoms with E-state index >= 15 is 0 Å². The molecule has 116 valence electrons. The molecule has 1 atom stereocenters. The fourth-order valence-corrected chi connectivity index (χ4v) is 2.87. The normalized spacial score (nSPS) is 17.7. The van der Waals surface area contributed by atoms with E-state index in [9.17, 15) is 9.59 Å². The molecule has 1 heterocycles. The molecule has 0 spiro atoms. The van der Waals surface area contributed by atoms with E-state index in [2.05, 4.69) is 5.32 Å². The van der Waals surface area contributed by atoms with Crippen LogP contribution in [0.1, 0.15) is 44.0 Å². The number of hydrogen-bond donors (Lipinski definition) is 1. The molecule has 1 aromatic heterocycles. The number of aromatic nitrogens is 1. The summed E-state index contributed by atoms with van der Waals surface area (Å²) in [5.41, 5.74) is 2.08. The van der Waals surface area contributed by atoms with Gasteiger partial charge in [0.2, 0.25) is 5.91 Å². The van der Waals surface area contributed by atoms with Gasteiger partial charge in [-0.2, -0.15) is 0 Å². The summed E-state index contributed by atoms with van der Waals surface area (Å²) in [6, 6.07) is 3.90. The molecule has 0 bridgehead atoms. The second-order valence-electron chi connectivity index (χ2n) is 5.99. The average molecular weight is 291 g/mol. The molecule has 5 nitrogen and oxygen atoms in total. The van der Waals surface area contributed by atoms with E-state index in [1.54, 1.807) is 22.6 Å². The lowest BCUT2D eigenvalue weighted by atomic mass is 9.91. The number of carbonyl (C=O) groups excluding carboxylic acids is 1. The third kappa shape index (κ3) is 3.18. The highest BCUT2D eigenvalue weighted by Crippen LogP contribution is 2.28. The summed E-state index contributed by atoms with van der Waals surface area (Å²) in [5, 5.41) is 3.29. The van der Waals surface area contributed by atoms with Gasteiger partial charge in [-0.3, -0.25) is 9.59 Å². The Morgan fingerprint density at radius 1 is 1.48 bits per heavy atom. The van der Waals surface area contributed by atoms with Crippen LogP contribution in [0.5, 0.6) is 0 Å². The van der Waals surface area contributed by atoms with Crippen molar-refractivity contribution in [2.45, 2.75) is 51.7 Å². The van der Waals surface area contributed by atoms with E-state index in [4.69, 9.17) is 0 Å². The Morgan fingerprint density at radius 3 is 2.81 bits per heavy atom. The van der Waals surface area contributed by atoms with Crippen molar-refractivity contribution in [2.24, 2.45) is 0 Å². The van der Waals surface area contributed by atoms with Crippen molar-refractivity contribution in [1.82, 2.24) is 14.8 Å². The highest BCUT2D eigenvalue weighted by molar-refractivity contribution is 5.76. The number of nitrogens with one attached hydrogen (secondary N) is 1. The third-order valence-electron chi connectivity index (χ3n) is 4.42. The number of pyridine rings is 1. The molecular weight excluding hydrogens is 266 g/mol.